The molecule has 0 amide bonds. The van der Waals surface area contributed by atoms with Gasteiger partial charge >= 0.3 is 18.3 Å². The van der Waals surface area contributed by atoms with Crippen LogP contribution in [0.15, 0.2) is 24.3 Å². The lowest BCUT2D eigenvalue weighted by Gasteiger charge is -2.18. The quantitative estimate of drug-likeness (QED) is 0.539. The summed E-state index contributed by atoms with van der Waals surface area (Å²) in [7, 11) is 1.09. The van der Waals surface area contributed by atoms with E-state index in [1.54, 1.807) is 4.90 Å². The van der Waals surface area contributed by atoms with Crippen molar-refractivity contribution in [3.05, 3.63) is 41.1 Å². The second kappa shape index (κ2) is 7.53. The van der Waals surface area contributed by atoms with Gasteiger partial charge < -0.3 is 9.64 Å². The molecule has 0 unspecified atom stereocenters. The highest BCUT2D eigenvalue weighted by Crippen LogP contribution is 2.38. The summed E-state index contributed by atoms with van der Waals surface area (Å²) in [4.78, 5) is 21.8. The number of aromatic nitrogens is 2. The summed E-state index contributed by atoms with van der Waals surface area (Å²) in [6, 6.07) is 2.17. The number of halogens is 6. The Balaban J connectivity index is 2.20. The maximum Gasteiger partial charge on any atom is 0.416 e. The van der Waals surface area contributed by atoms with Gasteiger partial charge in [0, 0.05) is 18.7 Å². The van der Waals surface area contributed by atoms with Gasteiger partial charge in [-0.15, -0.1) is 0 Å². The first-order valence-electron chi connectivity index (χ1n) is 8.51. The van der Waals surface area contributed by atoms with E-state index in [4.69, 9.17) is 0 Å². The molecule has 0 radical (unpaired) electrons. The molecule has 0 atom stereocenters. The van der Waals surface area contributed by atoms with E-state index in [-0.39, 0.29) is 23.4 Å². The topological polar surface area (TPSA) is 55.3 Å². The molecule has 2 aromatic rings. The Bertz CT molecular complexity index is 889. The van der Waals surface area contributed by atoms with Crippen molar-refractivity contribution in [3.8, 4) is 11.3 Å². The average molecular weight is 419 g/mol. The molecule has 156 valence electrons. The van der Waals surface area contributed by atoms with E-state index in [0.717, 1.165) is 26.0 Å². The normalized spacial score (nSPS) is 14.9. The molecule has 1 saturated heterocycles. The van der Waals surface area contributed by atoms with Gasteiger partial charge in [-0.25, -0.2) is 14.8 Å². The van der Waals surface area contributed by atoms with Crippen LogP contribution >= 0.6 is 0 Å². The second-order valence-corrected chi connectivity index (χ2v) is 6.42. The molecule has 0 spiro atoms. The molecular formula is C18H15F6N3O2. The Kier molecular flexibility index (Phi) is 5.42. The minimum absolute atomic E-state index is 0.0350. The fraction of sp³-hybridized carbons (Fsp3) is 0.389. The molecule has 1 fully saturated rings. The first-order chi connectivity index (χ1) is 13.5. The van der Waals surface area contributed by atoms with Crippen LogP contribution in [0, 0.1) is 0 Å². The third kappa shape index (κ3) is 4.60. The number of carbonyl (C=O) groups is 1. The van der Waals surface area contributed by atoms with Crippen molar-refractivity contribution in [3.63, 3.8) is 0 Å². The van der Waals surface area contributed by atoms with Crippen LogP contribution in [0.25, 0.3) is 11.3 Å². The number of nitrogens with zero attached hydrogens (tertiary/aromatic N) is 3. The number of rotatable bonds is 3. The molecule has 0 N–H and O–H groups in total. The lowest BCUT2D eigenvalue weighted by atomic mass is 10.0. The molecule has 1 aromatic carbocycles. The Morgan fingerprint density at radius 2 is 1.48 bits per heavy atom. The van der Waals surface area contributed by atoms with E-state index in [9.17, 15) is 31.1 Å². The number of ether oxygens (including phenoxy) is 1. The van der Waals surface area contributed by atoms with Gasteiger partial charge in [-0.3, -0.25) is 0 Å². The van der Waals surface area contributed by atoms with Crippen molar-refractivity contribution in [2.75, 3.05) is 25.1 Å². The summed E-state index contributed by atoms with van der Waals surface area (Å²) in [5.74, 6) is -0.830. The van der Waals surface area contributed by atoms with Gasteiger partial charge in [-0.05, 0) is 37.1 Å². The van der Waals surface area contributed by atoms with E-state index in [1.807, 2.05) is 0 Å². The van der Waals surface area contributed by atoms with Crippen molar-refractivity contribution in [2.24, 2.45) is 0 Å². The molecule has 5 nitrogen and oxygen atoms in total. The van der Waals surface area contributed by atoms with Crippen LogP contribution in [-0.4, -0.2) is 36.1 Å². The monoisotopic (exact) mass is 419 g/mol. The van der Waals surface area contributed by atoms with E-state index in [1.165, 1.54) is 0 Å². The zero-order valence-corrected chi connectivity index (χ0v) is 15.1. The van der Waals surface area contributed by atoms with Crippen molar-refractivity contribution in [2.45, 2.75) is 25.2 Å². The number of hydrogen-bond acceptors (Lipinski definition) is 5. The smallest absolute Gasteiger partial charge is 0.416 e. The first kappa shape index (κ1) is 20.9. The summed E-state index contributed by atoms with van der Waals surface area (Å²) in [6.45, 7) is 1.11. The lowest BCUT2D eigenvalue weighted by Crippen LogP contribution is -2.22. The largest absolute Gasteiger partial charge is 0.464 e. The Morgan fingerprint density at radius 3 is 1.97 bits per heavy atom. The highest BCUT2D eigenvalue weighted by Gasteiger charge is 2.37. The molecule has 0 aliphatic carbocycles. The average Bonchev–Trinajstić information content (AvgIpc) is 3.20. The van der Waals surface area contributed by atoms with Gasteiger partial charge in [0.15, 0.2) is 5.69 Å². The van der Waals surface area contributed by atoms with Crippen LogP contribution in [0.5, 0.6) is 0 Å². The van der Waals surface area contributed by atoms with Crippen molar-refractivity contribution >= 4 is 11.9 Å². The molecule has 1 aliphatic rings. The molecule has 2 heterocycles. The van der Waals surface area contributed by atoms with Gasteiger partial charge in [0.05, 0.1) is 23.9 Å². The van der Waals surface area contributed by atoms with Gasteiger partial charge in [0.1, 0.15) is 0 Å². The molecule has 3 rings (SSSR count). The van der Waals surface area contributed by atoms with E-state index < -0.39 is 35.0 Å². The first-order valence-corrected chi connectivity index (χ1v) is 8.51. The summed E-state index contributed by atoms with van der Waals surface area (Å²) < 4.78 is 83.5. The third-order valence-electron chi connectivity index (χ3n) is 4.38. The summed E-state index contributed by atoms with van der Waals surface area (Å²) >= 11 is 0. The van der Waals surface area contributed by atoms with Gasteiger partial charge in [-0.2, -0.15) is 26.3 Å². The van der Waals surface area contributed by atoms with Gasteiger partial charge in [0.25, 0.3) is 0 Å². The van der Waals surface area contributed by atoms with Crippen LogP contribution in [0.2, 0.25) is 0 Å². The summed E-state index contributed by atoms with van der Waals surface area (Å²) in [5.41, 5.74) is -3.86. The number of benzene rings is 1. The number of esters is 1. The molecule has 0 saturated carbocycles. The Labute approximate surface area is 161 Å². The van der Waals surface area contributed by atoms with Crippen LogP contribution in [0.3, 0.4) is 0 Å². The van der Waals surface area contributed by atoms with Crippen LogP contribution in [0.1, 0.15) is 34.5 Å². The Morgan fingerprint density at radius 1 is 0.931 bits per heavy atom. The number of alkyl halides is 6. The molecule has 29 heavy (non-hydrogen) atoms. The van der Waals surface area contributed by atoms with Crippen LogP contribution in [0.4, 0.5) is 32.3 Å². The maximum absolute atomic E-state index is 13.2. The lowest BCUT2D eigenvalue weighted by molar-refractivity contribution is -0.143. The minimum atomic E-state index is -4.99. The highest BCUT2D eigenvalue weighted by atomic mass is 19.4. The van der Waals surface area contributed by atoms with Crippen LogP contribution in [-0.2, 0) is 17.1 Å². The zero-order valence-electron chi connectivity index (χ0n) is 15.1. The molecule has 1 aliphatic heterocycles. The molecular weight excluding hydrogens is 404 g/mol. The molecule has 0 bridgehead atoms. The second-order valence-electron chi connectivity index (χ2n) is 6.42. The summed E-state index contributed by atoms with van der Waals surface area (Å²) in [6.07, 6.45) is -8.34. The number of carbonyl (C=O) groups excluding carboxylic acids is 1. The van der Waals surface area contributed by atoms with Gasteiger partial charge in [0.2, 0.25) is 5.95 Å². The number of anilines is 1. The van der Waals surface area contributed by atoms with Gasteiger partial charge in [-0.1, -0.05) is 0 Å². The fourth-order valence-electron chi connectivity index (χ4n) is 2.95. The summed E-state index contributed by atoms with van der Waals surface area (Å²) in [5, 5.41) is 0. The van der Waals surface area contributed by atoms with Crippen molar-refractivity contribution in [1.82, 2.24) is 9.97 Å². The fourth-order valence-corrected chi connectivity index (χ4v) is 2.95. The third-order valence-corrected chi connectivity index (χ3v) is 4.38. The van der Waals surface area contributed by atoms with E-state index >= 15 is 0 Å². The predicted molar refractivity (Wildman–Crippen MR) is 90.3 cm³/mol. The predicted octanol–water partition coefficient (Wildman–Crippen LogP) is 4.57. The highest BCUT2D eigenvalue weighted by molar-refractivity contribution is 5.89. The van der Waals surface area contributed by atoms with E-state index in [0.29, 0.717) is 25.2 Å². The number of methoxy groups -OCH3 is 1. The standard InChI is InChI=1S/C18H15F6N3O2/c1-29-15(28)14-9-13(25-16(26-14)27-4-2-3-5-27)10-6-11(17(19,20)21)8-12(7-10)18(22,23)24/h6-9H,2-5H2,1H3. The minimum Gasteiger partial charge on any atom is -0.464 e. The SMILES string of the molecule is COC(=O)c1cc(-c2cc(C(F)(F)F)cc(C(F)(F)F)c2)nc(N2CCCC2)n1. The Hall–Kier alpha value is -2.85. The van der Waals surface area contributed by atoms with Crippen molar-refractivity contribution in [1.29, 1.82) is 0 Å². The maximum atomic E-state index is 13.2. The molecule has 1 aromatic heterocycles. The van der Waals surface area contributed by atoms with E-state index in [2.05, 4.69) is 14.7 Å². The number of hydrogen-bond donors (Lipinski definition) is 0. The molecule has 11 heteroatoms. The zero-order chi connectivity index (χ0) is 21.4. The van der Waals surface area contributed by atoms with Crippen LogP contribution < -0.4 is 4.90 Å². The van der Waals surface area contributed by atoms with Crippen molar-refractivity contribution < 1.29 is 35.9 Å².